The van der Waals surface area contributed by atoms with Gasteiger partial charge in [0.2, 0.25) is 0 Å². The molecule has 10 nitrogen and oxygen atoms in total. The number of rotatable bonds is 7. The number of likely N-dealkylation sites (N-methyl/N-ethyl adjacent to an activating group) is 1. The lowest BCUT2D eigenvalue weighted by atomic mass is 10.1. The predicted octanol–water partition coefficient (Wildman–Crippen LogP) is 4.75. The Labute approximate surface area is 243 Å². The van der Waals surface area contributed by atoms with Gasteiger partial charge in [0.25, 0.3) is 5.56 Å². The number of para-hydroxylation sites is 1. The highest BCUT2D eigenvalue weighted by Crippen LogP contribution is 2.37. The Balaban J connectivity index is 1.69. The summed E-state index contributed by atoms with van der Waals surface area (Å²) >= 11 is 6.28. The van der Waals surface area contributed by atoms with Gasteiger partial charge in [-0.1, -0.05) is 29.8 Å². The van der Waals surface area contributed by atoms with Crippen LogP contribution in [0.2, 0.25) is 5.02 Å². The molecule has 1 saturated heterocycles. The fraction of sp³-hybridized carbons (Fsp3) is 0.300. The number of benzene rings is 3. The van der Waals surface area contributed by atoms with Gasteiger partial charge in [-0.05, 0) is 56.4 Å². The Morgan fingerprint density at radius 3 is 2.41 bits per heavy atom. The third-order valence-electron chi connectivity index (χ3n) is 7.25. The molecule has 1 aliphatic rings. The van der Waals surface area contributed by atoms with Gasteiger partial charge >= 0.3 is 6.03 Å². The number of methoxy groups -OCH3 is 2. The van der Waals surface area contributed by atoms with Gasteiger partial charge in [-0.15, -0.1) is 0 Å². The smallest absolute Gasteiger partial charge is 0.327 e. The number of ether oxygens (including phenoxy) is 2. The van der Waals surface area contributed by atoms with E-state index in [1.54, 1.807) is 53.1 Å². The summed E-state index contributed by atoms with van der Waals surface area (Å²) in [4.78, 5) is 36.8. The molecule has 1 aliphatic heterocycles. The maximum absolute atomic E-state index is 14.1. The Morgan fingerprint density at radius 1 is 1.00 bits per heavy atom. The lowest BCUT2D eigenvalue weighted by Gasteiger charge is -2.38. The van der Waals surface area contributed by atoms with Crippen LogP contribution in [-0.4, -0.2) is 68.0 Å². The number of nitrogens with zero attached hydrogens (tertiary/aromatic N) is 5. The van der Waals surface area contributed by atoms with Crippen LogP contribution >= 0.6 is 11.6 Å². The van der Waals surface area contributed by atoms with Crippen LogP contribution in [0.1, 0.15) is 18.8 Å². The average Bonchev–Trinajstić information content (AvgIpc) is 2.98. The molecular formula is C30H33ClN6O4. The molecule has 1 unspecified atom stereocenters. The molecule has 0 bridgehead atoms. The van der Waals surface area contributed by atoms with Crippen LogP contribution < -0.4 is 30.3 Å². The van der Waals surface area contributed by atoms with Crippen LogP contribution in [0, 0.1) is 0 Å². The largest absolute Gasteiger partial charge is 0.497 e. The number of piperazine rings is 1. The molecule has 2 amide bonds. The summed E-state index contributed by atoms with van der Waals surface area (Å²) in [6, 6.07) is 18.4. The highest BCUT2D eigenvalue weighted by molar-refractivity contribution is 6.31. The third-order valence-corrected chi connectivity index (χ3v) is 7.48. The van der Waals surface area contributed by atoms with E-state index in [4.69, 9.17) is 26.1 Å². The predicted molar refractivity (Wildman–Crippen MR) is 162 cm³/mol. The number of carbonyl (C=O) groups is 1. The lowest BCUT2D eigenvalue weighted by Crippen LogP contribution is -2.55. The van der Waals surface area contributed by atoms with Gasteiger partial charge in [-0.2, -0.15) is 0 Å². The van der Waals surface area contributed by atoms with Crippen LogP contribution in [0.15, 0.2) is 71.5 Å². The van der Waals surface area contributed by atoms with Gasteiger partial charge in [0.15, 0.2) is 5.82 Å². The number of hydrogen-bond acceptors (Lipinski definition) is 7. The minimum atomic E-state index is -0.701. The summed E-state index contributed by atoms with van der Waals surface area (Å²) < 4.78 is 12.7. The quantitative estimate of drug-likeness (QED) is 0.339. The van der Waals surface area contributed by atoms with Gasteiger partial charge in [0.05, 0.1) is 36.9 Å². The van der Waals surface area contributed by atoms with E-state index in [2.05, 4.69) is 10.2 Å². The fourth-order valence-corrected chi connectivity index (χ4v) is 5.18. The Morgan fingerprint density at radius 2 is 1.73 bits per heavy atom. The molecule has 1 fully saturated rings. The molecule has 0 aliphatic carbocycles. The summed E-state index contributed by atoms with van der Waals surface area (Å²) in [6.45, 7) is 4.64. The van der Waals surface area contributed by atoms with Crippen LogP contribution in [0.25, 0.3) is 10.9 Å². The van der Waals surface area contributed by atoms with E-state index in [1.807, 2.05) is 49.3 Å². The number of hydrogen-bond donors (Lipinski definition) is 1. The number of anilines is 2. The van der Waals surface area contributed by atoms with Crippen molar-refractivity contribution in [2.24, 2.45) is 0 Å². The van der Waals surface area contributed by atoms with E-state index in [9.17, 15) is 9.59 Å². The zero-order valence-electron chi connectivity index (χ0n) is 23.5. The van der Waals surface area contributed by atoms with Gasteiger partial charge in [0.1, 0.15) is 11.5 Å². The molecule has 11 heteroatoms. The van der Waals surface area contributed by atoms with Crippen molar-refractivity contribution in [3.05, 3.63) is 87.9 Å². The molecule has 4 aromatic rings. The zero-order chi connectivity index (χ0) is 29.1. The highest BCUT2D eigenvalue weighted by Gasteiger charge is 2.32. The van der Waals surface area contributed by atoms with Crippen molar-refractivity contribution in [1.82, 2.24) is 14.6 Å². The van der Waals surface area contributed by atoms with E-state index in [-0.39, 0.29) is 5.56 Å². The van der Waals surface area contributed by atoms with E-state index < -0.39 is 12.1 Å². The third kappa shape index (κ3) is 5.79. The molecule has 1 N–H and O–H groups in total. The molecule has 214 valence electrons. The van der Waals surface area contributed by atoms with Crippen molar-refractivity contribution < 1.29 is 14.3 Å². The van der Waals surface area contributed by atoms with E-state index in [0.29, 0.717) is 57.7 Å². The monoisotopic (exact) mass is 576 g/mol. The van der Waals surface area contributed by atoms with E-state index in [0.717, 1.165) is 13.1 Å². The molecule has 1 atom stereocenters. The second kappa shape index (κ2) is 12.1. The molecular weight excluding hydrogens is 544 g/mol. The Kier molecular flexibility index (Phi) is 8.32. The van der Waals surface area contributed by atoms with Crippen molar-refractivity contribution >= 4 is 39.9 Å². The van der Waals surface area contributed by atoms with E-state index >= 15 is 0 Å². The molecule has 41 heavy (non-hydrogen) atoms. The molecule has 5 rings (SSSR count). The molecule has 0 spiro atoms. The van der Waals surface area contributed by atoms with Gasteiger partial charge in [-0.3, -0.25) is 9.69 Å². The number of nitrogens with one attached hydrogen (secondary N) is 1. The van der Waals surface area contributed by atoms with Crippen molar-refractivity contribution in [3.63, 3.8) is 0 Å². The molecule has 2 heterocycles. The van der Waals surface area contributed by atoms with Crippen molar-refractivity contribution in [2.45, 2.75) is 13.0 Å². The highest BCUT2D eigenvalue weighted by atomic mass is 35.5. The minimum Gasteiger partial charge on any atom is -0.497 e. The summed E-state index contributed by atoms with van der Waals surface area (Å²) in [6.07, 6.45) is 0. The van der Waals surface area contributed by atoms with Gasteiger partial charge in [0, 0.05) is 43.0 Å². The number of halogens is 1. The standard InChI is InChI=1S/C30H33ClN6O4/c1-20(28-33-25-12-10-21(31)18-24(25)29(38)37(28)35-16-14-34(2)15-17-35)36(30(39)32-22-8-6-5-7-9-22)26-13-11-23(40-3)19-27(26)41-4/h5-13,18-20H,14-17H2,1-4H3,(H,32,39). The Hall–Kier alpha value is -4.28. The topological polar surface area (TPSA) is 92.2 Å². The number of fused-ring (bicyclic) bond motifs is 1. The maximum atomic E-state index is 14.1. The minimum absolute atomic E-state index is 0.242. The van der Waals surface area contributed by atoms with Crippen molar-refractivity contribution in [3.8, 4) is 11.5 Å². The first-order chi connectivity index (χ1) is 19.8. The molecule has 3 aromatic carbocycles. The Bertz CT molecular complexity index is 1600. The van der Waals surface area contributed by atoms with Crippen molar-refractivity contribution in [1.29, 1.82) is 0 Å². The molecule has 0 radical (unpaired) electrons. The summed E-state index contributed by atoms with van der Waals surface area (Å²) in [7, 11) is 5.15. The molecule has 0 saturated carbocycles. The van der Waals surface area contributed by atoms with Crippen molar-refractivity contribution in [2.75, 3.05) is 62.7 Å². The zero-order valence-corrected chi connectivity index (χ0v) is 24.3. The van der Waals surface area contributed by atoms with Gasteiger partial charge < -0.3 is 24.7 Å². The second-order valence-corrected chi connectivity index (χ2v) is 10.3. The second-order valence-electron chi connectivity index (χ2n) is 9.89. The first kappa shape index (κ1) is 28.3. The number of urea groups is 1. The SMILES string of the molecule is COc1ccc(N(C(=O)Nc2ccccc2)C(C)c2nc3ccc(Cl)cc3c(=O)n2N2CCN(C)CC2)c(OC)c1. The first-order valence-electron chi connectivity index (χ1n) is 13.3. The van der Waals surface area contributed by atoms with Crippen LogP contribution in [0.5, 0.6) is 11.5 Å². The fourth-order valence-electron chi connectivity index (χ4n) is 5.00. The summed E-state index contributed by atoms with van der Waals surface area (Å²) in [5, 5.41) is 5.83. The maximum Gasteiger partial charge on any atom is 0.327 e. The molecule has 1 aromatic heterocycles. The van der Waals surface area contributed by atoms with Crippen LogP contribution in [0.3, 0.4) is 0 Å². The first-order valence-corrected chi connectivity index (χ1v) is 13.7. The van der Waals surface area contributed by atoms with E-state index in [1.165, 1.54) is 7.11 Å². The average molecular weight is 577 g/mol. The normalized spacial score (nSPS) is 14.5. The van der Waals surface area contributed by atoms with Crippen LogP contribution in [-0.2, 0) is 0 Å². The summed E-state index contributed by atoms with van der Waals surface area (Å²) in [5.41, 5.74) is 1.37. The summed E-state index contributed by atoms with van der Waals surface area (Å²) in [5.74, 6) is 1.42. The lowest BCUT2D eigenvalue weighted by molar-refractivity contribution is 0.253. The van der Waals surface area contributed by atoms with Crippen LogP contribution in [0.4, 0.5) is 16.2 Å². The number of aromatic nitrogens is 2. The number of carbonyl (C=O) groups excluding carboxylic acids is 1. The van der Waals surface area contributed by atoms with Gasteiger partial charge in [-0.25, -0.2) is 14.5 Å². The number of amides is 2.